The molecule has 1 saturated carbocycles. The van der Waals surface area contributed by atoms with Crippen LogP contribution >= 0.6 is 15.9 Å². The normalized spacial score (nSPS) is 18.2. The fourth-order valence-electron chi connectivity index (χ4n) is 2.60. The number of nitrogens with two attached hydrogens (primary N) is 1. The van der Waals surface area contributed by atoms with Gasteiger partial charge in [-0.15, -0.1) is 0 Å². The van der Waals surface area contributed by atoms with Crippen molar-refractivity contribution in [1.29, 1.82) is 0 Å². The molecule has 0 aliphatic heterocycles. The van der Waals surface area contributed by atoms with E-state index in [0.717, 1.165) is 23.2 Å². The van der Waals surface area contributed by atoms with E-state index in [-0.39, 0.29) is 6.04 Å². The molecule has 2 unspecified atom stereocenters. The van der Waals surface area contributed by atoms with Crippen LogP contribution in [0.25, 0.3) is 0 Å². The number of hydrogen-bond acceptors (Lipinski definition) is 2. The van der Waals surface area contributed by atoms with Gasteiger partial charge in [-0.25, -0.2) is 0 Å². The number of benzene rings is 1. The van der Waals surface area contributed by atoms with E-state index in [2.05, 4.69) is 59.9 Å². The molecule has 2 N–H and O–H groups in total. The first-order valence-corrected chi connectivity index (χ1v) is 8.09. The van der Waals surface area contributed by atoms with Crippen LogP contribution in [0.4, 0.5) is 5.69 Å². The highest BCUT2D eigenvalue weighted by Crippen LogP contribution is 2.37. The lowest BCUT2D eigenvalue weighted by molar-refractivity contribution is 0.601. The Morgan fingerprint density at radius 3 is 2.68 bits per heavy atom. The second-order valence-corrected chi connectivity index (χ2v) is 6.75. The van der Waals surface area contributed by atoms with E-state index in [1.807, 2.05) is 0 Å². The summed E-state index contributed by atoms with van der Waals surface area (Å²) in [7, 11) is 2.22. The Kier molecular flexibility index (Phi) is 4.91. The molecular formula is C16H25BrN2. The molecule has 0 heterocycles. The third kappa shape index (κ3) is 3.73. The third-order valence-corrected chi connectivity index (χ3v) is 4.84. The van der Waals surface area contributed by atoms with E-state index in [0.29, 0.717) is 6.04 Å². The summed E-state index contributed by atoms with van der Waals surface area (Å²) in [6.07, 6.45) is 4.73. The smallest absolute Gasteiger partial charge is 0.0400 e. The van der Waals surface area contributed by atoms with Gasteiger partial charge in [0.25, 0.3) is 0 Å². The topological polar surface area (TPSA) is 29.3 Å². The second kappa shape index (κ2) is 6.27. The van der Waals surface area contributed by atoms with Crippen molar-refractivity contribution < 1.29 is 0 Å². The largest absolute Gasteiger partial charge is 0.371 e. The molecular weight excluding hydrogens is 300 g/mol. The van der Waals surface area contributed by atoms with Gasteiger partial charge in [0.2, 0.25) is 0 Å². The predicted molar refractivity (Wildman–Crippen MR) is 86.7 cm³/mol. The molecule has 1 aliphatic rings. The van der Waals surface area contributed by atoms with Crippen molar-refractivity contribution in [2.75, 3.05) is 11.9 Å². The standard InChI is InChI=1S/C16H25BrN2/c1-4-15(18)10-13-9-14(17)7-8-16(13)19(3)11(2)12-5-6-12/h7-9,11-12,15H,4-6,10,18H2,1-3H3. The van der Waals surface area contributed by atoms with Gasteiger partial charge < -0.3 is 10.6 Å². The van der Waals surface area contributed by atoms with Gasteiger partial charge in [-0.05, 0) is 62.3 Å². The van der Waals surface area contributed by atoms with E-state index in [9.17, 15) is 0 Å². The molecule has 0 radical (unpaired) electrons. The summed E-state index contributed by atoms with van der Waals surface area (Å²) in [5.74, 6) is 0.876. The third-order valence-electron chi connectivity index (χ3n) is 4.34. The van der Waals surface area contributed by atoms with Crippen LogP contribution in [0.2, 0.25) is 0 Å². The van der Waals surface area contributed by atoms with Gasteiger partial charge in [0.05, 0.1) is 0 Å². The van der Waals surface area contributed by atoms with Gasteiger partial charge >= 0.3 is 0 Å². The lowest BCUT2D eigenvalue weighted by Gasteiger charge is -2.30. The first-order valence-electron chi connectivity index (χ1n) is 7.29. The molecule has 0 aromatic heterocycles. The number of rotatable bonds is 6. The van der Waals surface area contributed by atoms with E-state index in [1.165, 1.54) is 24.1 Å². The van der Waals surface area contributed by atoms with Gasteiger partial charge in [0.1, 0.15) is 0 Å². The molecule has 1 aliphatic carbocycles. The molecule has 2 rings (SSSR count). The molecule has 0 saturated heterocycles. The Morgan fingerprint density at radius 1 is 1.42 bits per heavy atom. The van der Waals surface area contributed by atoms with Crippen molar-refractivity contribution >= 4 is 21.6 Å². The molecule has 0 amide bonds. The van der Waals surface area contributed by atoms with Gasteiger partial charge in [0, 0.05) is 29.3 Å². The minimum Gasteiger partial charge on any atom is -0.371 e. The van der Waals surface area contributed by atoms with Crippen molar-refractivity contribution in [3.63, 3.8) is 0 Å². The Labute approximate surface area is 125 Å². The summed E-state index contributed by atoms with van der Waals surface area (Å²) in [6, 6.07) is 7.45. The monoisotopic (exact) mass is 324 g/mol. The maximum absolute atomic E-state index is 6.14. The number of nitrogens with zero attached hydrogens (tertiary/aromatic N) is 1. The first kappa shape index (κ1) is 14.9. The van der Waals surface area contributed by atoms with E-state index in [1.54, 1.807) is 0 Å². The van der Waals surface area contributed by atoms with E-state index >= 15 is 0 Å². The lowest BCUT2D eigenvalue weighted by Crippen LogP contribution is -2.32. The summed E-state index contributed by atoms with van der Waals surface area (Å²) < 4.78 is 1.14. The van der Waals surface area contributed by atoms with Crippen molar-refractivity contribution in [3.8, 4) is 0 Å². The Bertz CT molecular complexity index is 429. The number of hydrogen-bond donors (Lipinski definition) is 1. The first-order chi connectivity index (χ1) is 9.02. The summed E-state index contributed by atoms with van der Waals surface area (Å²) >= 11 is 3.58. The highest BCUT2D eigenvalue weighted by Gasteiger charge is 2.31. The summed E-state index contributed by atoms with van der Waals surface area (Å²) in [4.78, 5) is 2.43. The highest BCUT2D eigenvalue weighted by molar-refractivity contribution is 9.10. The van der Waals surface area contributed by atoms with Crippen LogP contribution in [0.1, 0.15) is 38.7 Å². The van der Waals surface area contributed by atoms with Crippen LogP contribution in [0, 0.1) is 5.92 Å². The maximum atomic E-state index is 6.14. The molecule has 0 spiro atoms. The van der Waals surface area contributed by atoms with Gasteiger partial charge in [-0.3, -0.25) is 0 Å². The summed E-state index contributed by atoms with van der Waals surface area (Å²) in [5, 5.41) is 0. The van der Waals surface area contributed by atoms with Crippen molar-refractivity contribution in [3.05, 3.63) is 28.2 Å². The van der Waals surface area contributed by atoms with Crippen LogP contribution in [-0.2, 0) is 6.42 Å². The molecule has 2 atom stereocenters. The fraction of sp³-hybridized carbons (Fsp3) is 0.625. The van der Waals surface area contributed by atoms with Crippen molar-refractivity contribution in [1.82, 2.24) is 0 Å². The zero-order chi connectivity index (χ0) is 14.0. The number of halogens is 1. The van der Waals surface area contributed by atoms with E-state index < -0.39 is 0 Å². The zero-order valence-corrected chi connectivity index (χ0v) is 13.8. The minimum atomic E-state index is 0.248. The second-order valence-electron chi connectivity index (χ2n) is 5.83. The van der Waals surface area contributed by atoms with Crippen molar-refractivity contribution in [2.45, 2.75) is 51.6 Å². The zero-order valence-electron chi connectivity index (χ0n) is 12.2. The van der Waals surface area contributed by atoms with Gasteiger partial charge in [0.15, 0.2) is 0 Å². The number of anilines is 1. The summed E-state index contributed by atoms with van der Waals surface area (Å²) in [6.45, 7) is 4.49. The Balaban J connectivity index is 2.22. The van der Waals surface area contributed by atoms with Crippen LogP contribution in [-0.4, -0.2) is 19.1 Å². The van der Waals surface area contributed by atoms with Crippen LogP contribution in [0.15, 0.2) is 22.7 Å². The lowest BCUT2D eigenvalue weighted by atomic mass is 10.0. The SMILES string of the molecule is CCC(N)Cc1cc(Br)ccc1N(C)C(C)C1CC1. The minimum absolute atomic E-state index is 0.248. The summed E-state index contributed by atoms with van der Waals surface area (Å²) in [5.41, 5.74) is 8.84. The average Bonchev–Trinajstić information content (AvgIpc) is 3.21. The van der Waals surface area contributed by atoms with Crippen LogP contribution < -0.4 is 10.6 Å². The molecule has 19 heavy (non-hydrogen) atoms. The van der Waals surface area contributed by atoms with Crippen molar-refractivity contribution in [2.24, 2.45) is 11.7 Å². The Morgan fingerprint density at radius 2 is 2.11 bits per heavy atom. The van der Waals surface area contributed by atoms with Crippen LogP contribution in [0.3, 0.4) is 0 Å². The molecule has 1 aromatic rings. The Hall–Kier alpha value is -0.540. The predicted octanol–water partition coefficient (Wildman–Crippen LogP) is 3.96. The molecule has 106 valence electrons. The quantitative estimate of drug-likeness (QED) is 0.858. The fourth-order valence-corrected chi connectivity index (χ4v) is 3.01. The molecule has 3 heteroatoms. The molecule has 0 bridgehead atoms. The average molecular weight is 325 g/mol. The molecule has 1 aromatic carbocycles. The maximum Gasteiger partial charge on any atom is 0.0400 e. The molecule has 2 nitrogen and oxygen atoms in total. The van der Waals surface area contributed by atoms with Gasteiger partial charge in [-0.1, -0.05) is 22.9 Å². The van der Waals surface area contributed by atoms with E-state index in [4.69, 9.17) is 5.73 Å². The van der Waals surface area contributed by atoms with Crippen LogP contribution in [0.5, 0.6) is 0 Å². The highest BCUT2D eigenvalue weighted by atomic mass is 79.9. The van der Waals surface area contributed by atoms with Gasteiger partial charge in [-0.2, -0.15) is 0 Å². The molecule has 1 fully saturated rings.